The maximum atomic E-state index is 12.4. The number of fused-ring (bicyclic) bond motifs is 1. The van der Waals surface area contributed by atoms with Gasteiger partial charge in [0.2, 0.25) is 0 Å². The first-order valence-corrected chi connectivity index (χ1v) is 8.61. The molecule has 0 saturated carbocycles. The van der Waals surface area contributed by atoms with E-state index in [-0.39, 0.29) is 11.9 Å². The summed E-state index contributed by atoms with van der Waals surface area (Å²) < 4.78 is 2.06. The summed E-state index contributed by atoms with van der Waals surface area (Å²) >= 11 is 0. The summed E-state index contributed by atoms with van der Waals surface area (Å²) in [4.78, 5) is 16.5. The quantitative estimate of drug-likeness (QED) is 0.798. The lowest BCUT2D eigenvalue weighted by Gasteiger charge is -2.24. The largest absolute Gasteiger partial charge is 0.344 e. The van der Waals surface area contributed by atoms with E-state index in [0.717, 1.165) is 31.4 Å². The van der Waals surface area contributed by atoms with Gasteiger partial charge in [-0.15, -0.1) is 0 Å². The lowest BCUT2D eigenvalue weighted by molar-refractivity contribution is 0.0927. The molecule has 0 bridgehead atoms. The summed E-state index contributed by atoms with van der Waals surface area (Å²) in [6.07, 6.45) is 6.52. The van der Waals surface area contributed by atoms with E-state index in [9.17, 15) is 4.79 Å². The standard InChI is InChI=1S/C20H20N4O/c25-20(18-9-4-5-12-21-18)23-17-10-6-11-19-16(17)13-22-24(19)14-15-7-2-1-3-8-15/h1-5,7-9,12-13,17H,6,10-11,14H2,(H,23,25)/t17-/m1/s1. The number of benzene rings is 1. The normalized spacial score (nSPS) is 16.2. The second-order valence-electron chi connectivity index (χ2n) is 6.32. The van der Waals surface area contributed by atoms with Gasteiger partial charge in [0.25, 0.3) is 5.91 Å². The van der Waals surface area contributed by atoms with E-state index in [1.54, 1.807) is 12.3 Å². The van der Waals surface area contributed by atoms with Gasteiger partial charge in [-0.25, -0.2) is 0 Å². The number of nitrogens with one attached hydrogen (secondary N) is 1. The first-order chi connectivity index (χ1) is 12.3. The van der Waals surface area contributed by atoms with E-state index in [2.05, 4.69) is 32.2 Å². The van der Waals surface area contributed by atoms with Gasteiger partial charge in [0.15, 0.2) is 0 Å². The highest BCUT2D eigenvalue weighted by Crippen LogP contribution is 2.30. The van der Waals surface area contributed by atoms with Crippen LogP contribution in [-0.2, 0) is 13.0 Å². The molecule has 5 heteroatoms. The maximum absolute atomic E-state index is 12.4. The molecule has 1 amide bonds. The van der Waals surface area contributed by atoms with Crippen LogP contribution in [0.5, 0.6) is 0 Å². The number of nitrogens with zero attached hydrogens (tertiary/aromatic N) is 3. The van der Waals surface area contributed by atoms with Crippen LogP contribution >= 0.6 is 0 Å². The summed E-state index contributed by atoms with van der Waals surface area (Å²) in [7, 11) is 0. The number of aromatic nitrogens is 3. The van der Waals surface area contributed by atoms with Crippen molar-refractivity contribution in [2.75, 3.05) is 0 Å². The van der Waals surface area contributed by atoms with Crippen molar-refractivity contribution in [3.63, 3.8) is 0 Å². The van der Waals surface area contributed by atoms with Crippen LogP contribution in [0.2, 0.25) is 0 Å². The van der Waals surface area contributed by atoms with Gasteiger partial charge in [-0.05, 0) is 37.0 Å². The van der Waals surface area contributed by atoms with Crippen LogP contribution in [0, 0.1) is 0 Å². The number of hydrogen-bond donors (Lipinski definition) is 1. The molecule has 4 rings (SSSR count). The van der Waals surface area contributed by atoms with Gasteiger partial charge in [0, 0.05) is 17.5 Å². The lowest BCUT2D eigenvalue weighted by atomic mass is 9.92. The molecular weight excluding hydrogens is 312 g/mol. The molecule has 3 aromatic rings. The SMILES string of the molecule is O=C(N[C@@H]1CCCc2c1cnn2Cc1ccccc1)c1ccccn1. The highest BCUT2D eigenvalue weighted by molar-refractivity contribution is 5.92. The van der Waals surface area contributed by atoms with Crippen LogP contribution in [0.4, 0.5) is 0 Å². The Morgan fingerprint density at radius 1 is 1.16 bits per heavy atom. The molecule has 0 saturated heterocycles. The van der Waals surface area contributed by atoms with Gasteiger partial charge in [-0.2, -0.15) is 5.10 Å². The molecule has 0 aliphatic heterocycles. The summed E-state index contributed by atoms with van der Waals surface area (Å²) in [5.41, 5.74) is 4.03. The van der Waals surface area contributed by atoms with Crippen LogP contribution in [0.1, 0.15) is 46.2 Å². The third kappa shape index (κ3) is 3.31. The van der Waals surface area contributed by atoms with Crippen LogP contribution in [0.15, 0.2) is 60.9 Å². The fourth-order valence-electron chi connectivity index (χ4n) is 3.39. The maximum Gasteiger partial charge on any atom is 0.270 e. The van der Waals surface area contributed by atoms with E-state index >= 15 is 0 Å². The number of carbonyl (C=O) groups excluding carboxylic acids is 1. The third-order valence-electron chi connectivity index (χ3n) is 4.64. The Morgan fingerprint density at radius 3 is 2.80 bits per heavy atom. The Morgan fingerprint density at radius 2 is 2.00 bits per heavy atom. The summed E-state index contributed by atoms with van der Waals surface area (Å²) in [6, 6.07) is 15.7. The number of amides is 1. The Hall–Kier alpha value is -2.95. The average Bonchev–Trinajstić information content (AvgIpc) is 3.07. The molecule has 2 aromatic heterocycles. The molecule has 25 heavy (non-hydrogen) atoms. The molecule has 1 atom stereocenters. The van der Waals surface area contributed by atoms with Gasteiger partial charge in [-0.3, -0.25) is 14.5 Å². The molecule has 1 N–H and O–H groups in total. The number of pyridine rings is 1. The molecule has 0 spiro atoms. The average molecular weight is 332 g/mol. The van der Waals surface area contributed by atoms with Crippen molar-refractivity contribution < 1.29 is 4.79 Å². The lowest BCUT2D eigenvalue weighted by Crippen LogP contribution is -2.31. The van der Waals surface area contributed by atoms with Gasteiger partial charge in [0.05, 0.1) is 18.8 Å². The number of rotatable bonds is 4. The van der Waals surface area contributed by atoms with E-state index in [1.807, 2.05) is 36.5 Å². The minimum atomic E-state index is -0.130. The number of carbonyl (C=O) groups is 1. The molecule has 126 valence electrons. The molecule has 0 unspecified atom stereocenters. The van der Waals surface area contributed by atoms with Crippen LogP contribution in [0.3, 0.4) is 0 Å². The monoisotopic (exact) mass is 332 g/mol. The Balaban J connectivity index is 1.54. The van der Waals surface area contributed by atoms with Crippen LogP contribution in [-0.4, -0.2) is 20.7 Å². The molecule has 2 heterocycles. The first-order valence-electron chi connectivity index (χ1n) is 8.61. The second-order valence-corrected chi connectivity index (χ2v) is 6.32. The van der Waals surface area contributed by atoms with Crippen LogP contribution in [0.25, 0.3) is 0 Å². The van der Waals surface area contributed by atoms with Gasteiger partial charge in [0.1, 0.15) is 5.69 Å². The van der Waals surface area contributed by atoms with Gasteiger partial charge < -0.3 is 5.32 Å². The van der Waals surface area contributed by atoms with Crippen molar-refractivity contribution >= 4 is 5.91 Å². The number of hydrogen-bond acceptors (Lipinski definition) is 3. The molecule has 0 fully saturated rings. The molecule has 1 aromatic carbocycles. The fraction of sp³-hybridized carbons (Fsp3) is 0.250. The Bertz CT molecular complexity index is 858. The van der Waals surface area contributed by atoms with Crippen molar-refractivity contribution in [3.8, 4) is 0 Å². The minimum Gasteiger partial charge on any atom is -0.344 e. The van der Waals surface area contributed by atoms with Gasteiger partial charge >= 0.3 is 0 Å². The second kappa shape index (κ2) is 6.89. The summed E-state index contributed by atoms with van der Waals surface area (Å²) in [5.74, 6) is -0.130. The molecular formula is C20H20N4O. The summed E-state index contributed by atoms with van der Waals surface area (Å²) in [6.45, 7) is 0.761. The third-order valence-corrected chi connectivity index (χ3v) is 4.64. The molecule has 1 aliphatic rings. The zero-order valence-electron chi connectivity index (χ0n) is 13.9. The smallest absolute Gasteiger partial charge is 0.270 e. The Labute approximate surface area is 146 Å². The fourth-order valence-corrected chi connectivity index (χ4v) is 3.39. The van der Waals surface area contributed by atoms with Crippen molar-refractivity contribution in [2.45, 2.75) is 31.8 Å². The van der Waals surface area contributed by atoms with Crippen LogP contribution < -0.4 is 5.32 Å². The predicted molar refractivity (Wildman–Crippen MR) is 95.2 cm³/mol. The Kier molecular flexibility index (Phi) is 4.29. The van der Waals surface area contributed by atoms with Crippen molar-refractivity contribution in [1.82, 2.24) is 20.1 Å². The van der Waals surface area contributed by atoms with E-state index in [0.29, 0.717) is 5.69 Å². The summed E-state index contributed by atoms with van der Waals surface area (Å²) in [5, 5.41) is 7.69. The molecule has 5 nitrogen and oxygen atoms in total. The first kappa shape index (κ1) is 15.6. The highest BCUT2D eigenvalue weighted by atomic mass is 16.1. The molecule has 0 radical (unpaired) electrons. The van der Waals surface area contributed by atoms with Crippen molar-refractivity contribution in [2.24, 2.45) is 0 Å². The highest BCUT2D eigenvalue weighted by Gasteiger charge is 2.26. The van der Waals surface area contributed by atoms with E-state index in [1.165, 1.54) is 11.3 Å². The van der Waals surface area contributed by atoms with Gasteiger partial charge in [-0.1, -0.05) is 36.4 Å². The minimum absolute atomic E-state index is 0.00257. The zero-order chi connectivity index (χ0) is 17.1. The molecule has 1 aliphatic carbocycles. The van der Waals surface area contributed by atoms with E-state index < -0.39 is 0 Å². The topological polar surface area (TPSA) is 59.8 Å². The van der Waals surface area contributed by atoms with Crippen molar-refractivity contribution in [1.29, 1.82) is 0 Å². The predicted octanol–water partition coefficient (Wildman–Crippen LogP) is 3.13. The zero-order valence-corrected chi connectivity index (χ0v) is 13.9. The van der Waals surface area contributed by atoms with E-state index in [4.69, 9.17) is 0 Å². The van der Waals surface area contributed by atoms with Crippen molar-refractivity contribution in [3.05, 3.63) is 83.4 Å².